The molecule has 1 fully saturated rings. The van der Waals surface area contributed by atoms with E-state index in [0.717, 1.165) is 22.4 Å². The first-order valence-electron chi connectivity index (χ1n) is 12.5. The fourth-order valence-corrected chi connectivity index (χ4v) is 4.72. The zero-order valence-electron chi connectivity index (χ0n) is 21.3. The molecule has 0 spiro atoms. The summed E-state index contributed by atoms with van der Waals surface area (Å²) in [5, 5.41) is 17.3. The lowest BCUT2D eigenvalue weighted by molar-refractivity contribution is -0.122. The molecule has 37 heavy (non-hydrogen) atoms. The summed E-state index contributed by atoms with van der Waals surface area (Å²) in [6.45, 7) is 2.72. The number of amides is 2. The molecule has 2 amide bonds. The fourth-order valence-electron chi connectivity index (χ4n) is 4.72. The molecule has 1 aliphatic rings. The summed E-state index contributed by atoms with van der Waals surface area (Å²) in [6, 6.07) is 24.7. The van der Waals surface area contributed by atoms with Gasteiger partial charge in [-0.25, -0.2) is 0 Å². The Morgan fingerprint density at radius 1 is 1.05 bits per heavy atom. The maximum atomic E-state index is 13.4. The Morgan fingerprint density at radius 3 is 2.46 bits per heavy atom. The minimum atomic E-state index is -0.644. The third kappa shape index (κ3) is 6.62. The van der Waals surface area contributed by atoms with Crippen LogP contribution in [0.3, 0.4) is 0 Å². The van der Waals surface area contributed by atoms with Gasteiger partial charge in [0, 0.05) is 31.0 Å². The van der Waals surface area contributed by atoms with Crippen molar-refractivity contribution in [1.82, 2.24) is 10.2 Å². The van der Waals surface area contributed by atoms with Crippen molar-refractivity contribution in [3.05, 3.63) is 95.6 Å². The highest BCUT2D eigenvalue weighted by atomic mass is 16.6. The van der Waals surface area contributed by atoms with Crippen LogP contribution in [0.5, 0.6) is 0 Å². The summed E-state index contributed by atoms with van der Waals surface area (Å²) in [4.78, 5) is 32.8. The van der Waals surface area contributed by atoms with Gasteiger partial charge < -0.3 is 20.2 Å². The van der Waals surface area contributed by atoms with Crippen molar-refractivity contribution in [2.24, 2.45) is 5.16 Å². The number of nitrogens with one attached hydrogen (secondary N) is 1. The first-order valence-corrected chi connectivity index (χ1v) is 12.5. The van der Waals surface area contributed by atoms with E-state index in [1.54, 1.807) is 4.90 Å². The molecule has 7 heteroatoms. The zero-order valence-corrected chi connectivity index (χ0v) is 21.3. The normalized spacial score (nSPS) is 17.0. The molecule has 0 saturated carbocycles. The van der Waals surface area contributed by atoms with Gasteiger partial charge in [-0.05, 0) is 47.7 Å². The van der Waals surface area contributed by atoms with Gasteiger partial charge in [0.2, 0.25) is 5.91 Å². The average molecular weight is 500 g/mol. The number of oxime groups is 1. The summed E-state index contributed by atoms with van der Waals surface area (Å²) in [5.41, 5.74) is 5.45. The van der Waals surface area contributed by atoms with Crippen LogP contribution < -0.4 is 5.32 Å². The molecule has 0 aliphatic carbocycles. The lowest BCUT2D eigenvalue weighted by Gasteiger charge is -2.24. The van der Waals surface area contributed by atoms with E-state index in [4.69, 9.17) is 4.84 Å². The first kappa shape index (κ1) is 26.1. The molecule has 7 nitrogen and oxygen atoms in total. The van der Waals surface area contributed by atoms with Gasteiger partial charge in [0.25, 0.3) is 5.91 Å². The lowest BCUT2D eigenvalue weighted by atomic mass is 9.99. The van der Waals surface area contributed by atoms with E-state index in [2.05, 4.69) is 29.5 Å². The van der Waals surface area contributed by atoms with Crippen LogP contribution in [0.2, 0.25) is 0 Å². The van der Waals surface area contributed by atoms with Crippen LogP contribution in [0.1, 0.15) is 46.9 Å². The molecule has 3 aromatic rings. The van der Waals surface area contributed by atoms with E-state index in [0.29, 0.717) is 31.5 Å². The van der Waals surface area contributed by atoms with Crippen molar-refractivity contribution in [3.63, 3.8) is 0 Å². The topological polar surface area (TPSA) is 91.2 Å². The highest BCUT2D eigenvalue weighted by Gasteiger charge is 2.35. The number of likely N-dealkylation sites (tertiary alicyclic amines) is 1. The number of hydrogen-bond donors (Lipinski definition) is 2. The number of aliphatic hydroxyl groups is 1. The van der Waals surface area contributed by atoms with Crippen molar-refractivity contribution >= 4 is 17.5 Å². The van der Waals surface area contributed by atoms with Gasteiger partial charge in [-0.1, -0.05) is 71.9 Å². The van der Waals surface area contributed by atoms with Crippen LogP contribution in [-0.4, -0.2) is 53.8 Å². The largest absolute Gasteiger partial charge is 0.399 e. The second-order valence-corrected chi connectivity index (χ2v) is 9.29. The lowest BCUT2D eigenvalue weighted by Crippen LogP contribution is -2.39. The molecule has 3 aromatic carbocycles. The van der Waals surface area contributed by atoms with Gasteiger partial charge >= 0.3 is 0 Å². The van der Waals surface area contributed by atoms with Crippen LogP contribution in [-0.2, 0) is 9.63 Å². The molecular weight excluding hydrogens is 466 g/mol. The van der Waals surface area contributed by atoms with E-state index in [-0.39, 0.29) is 24.3 Å². The summed E-state index contributed by atoms with van der Waals surface area (Å²) < 4.78 is 0. The monoisotopic (exact) mass is 499 g/mol. The molecule has 192 valence electrons. The predicted octanol–water partition coefficient (Wildman–Crippen LogP) is 4.51. The van der Waals surface area contributed by atoms with E-state index >= 15 is 0 Å². The summed E-state index contributed by atoms with van der Waals surface area (Å²) in [6.07, 6.45) is 0.388. The summed E-state index contributed by atoms with van der Waals surface area (Å²) in [5.74, 6) is -0.313. The Kier molecular flexibility index (Phi) is 8.69. The first-order chi connectivity index (χ1) is 18.0. The van der Waals surface area contributed by atoms with Crippen molar-refractivity contribution in [3.8, 4) is 11.1 Å². The van der Waals surface area contributed by atoms with Gasteiger partial charge in [0.05, 0.1) is 18.4 Å². The maximum absolute atomic E-state index is 13.4. The minimum Gasteiger partial charge on any atom is -0.399 e. The molecule has 2 N–H and O–H groups in total. The third-order valence-corrected chi connectivity index (χ3v) is 6.68. The average Bonchev–Trinajstić information content (AvgIpc) is 3.31. The van der Waals surface area contributed by atoms with Gasteiger partial charge in [0.1, 0.15) is 7.11 Å². The van der Waals surface area contributed by atoms with Crippen LogP contribution in [0.4, 0.5) is 0 Å². The van der Waals surface area contributed by atoms with Gasteiger partial charge in [0.15, 0.2) is 0 Å². The van der Waals surface area contributed by atoms with Gasteiger partial charge in [-0.15, -0.1) is 0 Å². The number of aliphatic hydroxyl groups excluding tert-OH is 1. The fraction of sp³-hybridized carbons (Fsp3) is 0.300. The molecule has 0 unspecified atom stereocenters. The molecule has 1 saturated heterocycles. The molecule has 0 radical (unpaired) electrons. The van der Waals surface area contributed by atoms with Gasteiger partial charge in [-0.3, -0.25) is 9.59 Å². The molecule has 0 aromatic heterocycles. The standard InChI is InChI=1S/C30H33N3O4/c1-21-8-6-7-11-27(21)22-12-14-24(15-13-22)30(36)33-20-25(32-37-2)18-26(33)19-29(35)31-17-16-28(34)23-9-4-3-5-10-23/h3-15,26,28,34H,16-20H2,1-2H3,(H,31,35)/t26-,28+/m0/s1. The highest BCUT2D eigenvalue weighted by molar-refractivity contribution is 6.01. The van der Waals surface area contributed by atoms with Crippen molar-refractivity contribution < 1.29 is 19.5 Å². The number of rotatable bonds is 9. The van der Waals surface area contributed by atoms with Crippen LogP contribution in [0, 0.1) is 6.92 Å². The van der Waals surface area contributed by atoms with E-state index in [9.17, 15) is 14.7 Å². The smallest absolute Gasteiger partial charge is 0.254 e. The van der Waals surface area contributed by atoms with Crippen molar-refractivity contribution in [2.75, 3.05) is 20.2 Å². The Morgan fingerprint density at radius 2 is 1.76 bits per heavy atom. The zero-order chi connectivity index (χ0) is 26.2. The van der Waals surface area contributed by atoms with E-state index in [1.165, 1.54) is 12.7 Å². The summed E-state index contributed by atoms with van der Waals surface area (Å²) >= 11 is 0. The molecule has 1 aliphatic heterocycles. The molecule has 1 heterocycles. The Labute approximate surface area is 217 Å². The quantitative estimate of drug-likeness (QED) is 0.424. The van der Waals surface area contributed by atoms with Crippen molar-refractivity contribution in [2.45, 2.75) is 38.3 Å². The van der Waals surface area contributed by atoms with Crippen LogP contribution in [0.25, 0.3) is 11.1 Å². The Balaban J connectivity index is 1.39. The molecule has 0 bridgehead atoms. The van der Waals surface area contributed by atoms with Crippen LogP contribution >= 0.6 is 0 Å². The van der Waals surface area contributed by atoms with Crippen molar-refractivity contribution in [1.29, 1.82) is 0 Å². The van der Waals surface area contributed by atoms with Crippen LogP contribution in [0.15, 0.2) is 84.0 Å². The van der Waals surface area contributed by atoms with E-state index < -0.39 is 6.10 Å². The maximum Gasteiger partial charge on any atom is 0.254 e. The highest BCUT2D eigenvalue weighted by Crippen LogP contribution is 2.26. The second kappa shape index (κ2) is 12.3. The number of aryl methyl sites for hydroxylation is 1. The third-order valence-electron chi connectivity index (χ3n) is 6.68. The number of hydrogen-bond acceptors (Lipinski definition) is 5. The summed E-state index contributed by atoms with van der Waals surface area (Å²) in [7, 11) is 1.47. The number of nitrogens with zero attached hydrogens (tertiary/aromatic N) is 2. The number of benzene rings is 3. The number of carbonyl (C=O) groups is 2. The second-order valence-electron chi connectivity index (χ2n) is 9.29. The van der Waals surface area contributed by atoms with E-state index in [1.807, 2.05) is 66.7 Å². The SMILES string of the molecule is CON=C1C[C@@H](CC(=O)NCC[C@@H](O)c2ccccc2)N(C(=O)c2ccc(-c3ccccc3C)cc2)C1. The Bertz CT molecular complexity index is 1240. The Hall–Kier alpha value is -3.97. The minimum absolute atomic E-state index is 0.144. The number of carbonyl (C=O) groups excluding carboxylic acids is 2. The molecule has 4 rings (SSSR count). The predicted molar refractivity (Wildman–Crippen MR) is 144 cm³/mol. The molecule has 2 atom stereocenters. The molecular formula is C30H33N3O4. The van der Waals surface area contributed by atoms with Gasteiger partial charge in [-0.2, -0.15) is 0 Å².